The normalized spacial score (nSPS) is 17.4. The van der Waals surface area contributed by atoms with E-state index in [0.29, 0.717) is 12.4 Å². The molecule has 25 heavy (non-hydrogen) atoms. The summed E-state index contributed by atoms with van der Waals surface area (Å²) in [7, 11) is 2.08. The highest BCUT2D eigenvalue weighted by molar-refractivity contribution is 5.88. The maximum atomic E-state index is 12.9. The molecule has 6 nitrogen and oxygen atoms in total. The second-order valence-electron chi connectivity index (χ2n) is 6.90. The summed E-state index contributed by atoms with van der Waals surface area (Å²) in [5, 5.41) is 6.85. The van der Waals surface area contributed by atoms with Crippen molar-refractivity contribution in [3.8, 4) is 0 Å². The van der Waals surface area contributed by atoms with Gasteiger partial charge in [0.15, 0.2) is 5.82 Å². The van der Waals surface area contributed by atoms with Gasteiger partial charge in [-0.3, -0.25) is 5.32 Å². The minimum Gasteiger partial charge on any atom is -0.372 e. The fraction of sp³-hybridized carbons (Fsp3) is 0.474. The fourth-order valence-electron chi connectivity index (χ4n) is 3.23. The van der Waals surface area contributed by atoms with E-state index in [-0.39, 0.29) is 18.0 Å². The van der Waals surface area contributed by atoms with Gasteiger partial charge in [-0.25, -0.2) is 4.79 Å². The highest BCUT2D eigenvalue weighted by atomic mass is 16.5. The fourth-order valence-corrected chi connectivity index (χ4v) is 3.23. The molecule has 1 unspecified atom stereocenters. The zero-order valence-corrected chi connectivity index (χ0v) is 15.3. The molecule has 134 valence electrons. The molecule has 1 aliphatic rings. The molecule has 0 aliphatic carbocycles. The van der Waals surface area contributed by atoms with Crippen LogP contribution in [0.15, 0.2) is 34.9 Å². The Morgan fingerprint density at radius 2 is 2.16 bits per heavy atom. The molecule has 0 radical (unpaired) electrons. The molecule has 2 aromatic rings. The summed E-state index contributed by atoms with van der Waals surface area (Å²) in [5.74, 6) is 1.47. The van der Waals surface area contributed by atoms with E-state index < -0.39 is 0 Å². The van der Waals surface area contributed by atoms with Crippen LogP contribution >= 0.6 is 0 Å². The molecule has 1 aromatic carbocycles. The molecule has 0 fully saturated rings. The summed E-state index contributed by atoms with van der Waals surface area (Å²) in [5.41, 5.74) is 2.33. The SMILES string of the molecule is CCC1CN(C)c2ccccc2CN1C(=O)Nc1cc(C(C)C)on1. The van der Waals surface area contributed by atoms with Crippen LogP contribution in [-0.2, 0) is 6.54 Å². The average molecular weight is 342 g/mol. The largest absolute Gasteiger partial charge is 0.372 e. The zero-order chi connectivity index (χ0) is 18.0. The highest BCUT2D eigenvalue weighted by Gasteiger charge is 2.29. The number of hydrogen-bond donors (Lipinski definition) is 1. The van der Waals surface area contributed by atoms with Gasteiger partial charge in [0, 0.05) is 37.8 Å². The number of benzene rings is 1. The molecule has 1 aliphatic heterocycles. The van der Waals surface area contributed by atoms with E-state index >= 15 is 0 Å². The van der Waals surface area contributed by atoms with Gasteiger partial charge >= 0.3 is 6.03 Å². The van der Waals surface area contributed by atoms with Crippen molar-refractivity contribution in [2.24, 2.45) is 0 Å². The van der Waals surface area contributed by atoms with Crippen molar-refractivity contribution in [3.05, 3.63) is 41.7 Å². The third kappa shape index (κ3) is 3.62. The number of urea groups is 1. The van der Waals surface area contributed by atoms with E-state index in [1.807, 2.05) is 30.9 Å². The summed E-state index contributed by atoms with van der Waals surface area (Å²) in [6, 6.07) is 10.0. The Hall–Kier alpha value is -2.50. The molecule has 2 amide bonds. The van der Waals surface area contributed by atoms with Crippen LogP contribution in [0, 0.1) is 0 Å². The van der Waals surface area contributed by atoms with Crippen LogP contribution in [0.5, 0.6) is 0 Å². The van der Waals surface area contributed by atoms with Crippen molar-refractivity contribution in [2.45, 2.75) is 45.7 Å². The van der Waals surface area contributed by atoms with Crippen LogP contribution in [-0.4, -0.2) is 35.7 Å². The van der Waals surface area contributed by atoms with Crippen LogP contribution in [0.4, 0.5) is 16.3 Å². The monoisotopic (exact) mass is 342 g/mol. The van der Waals surface area contributed by atoms with Gasteiger partial charge in [-0.15, -0.1) is 0 Å². The third-order valence-corrected chi connectivity index (χ3v) is 4.73. The molecule has 1 atom stereocenters. The van der Waals surface area contributed by atoms with Gasteiger partial charge < -0.3 is 14.3 Å². The number of nitrogens with one attached hydrogen (secondary N) is 1. The lowest BCUT2D eigenvalue weighted by atomic mass is 10.1. The van der Waals surface area contributed by atoms with Crippen LogP contribution in [0.2, 0.25) is 0 Å². The quantitative estimate of drug-likeness (QED) is 0.914. The van der Waals surface area contributed by atoms with Crippen molar-refractivity contribution in [1.82, 2.24) is 10.1 Å². The topological polar surface area (TPSA) is 61.6 Å². The number of hydrogen-bond acceptors (Lipinski definition) is 4. The number of likely N-dealkylation sites (N-methyl/N-ethyl adjacent to an activating group) is 1. The molecule has 0 saturated heterocycles. The Bertz CT molecular complexity index is 741. The van der Waals surface area contributed by atoms with E-state index in [2.05, 4.69) is 41.5 Å². The Morgan fingerprint density at radius 1 is 1.40 bits per heavy atom. The number of nitrogens with zero attached hydrogens (tertiary/aromatic N) is 3. The summed E-state index contributed by atoms with van der Waals surface area (Å²) in [6.45, 7) is 7.56. The molecule has 1 aromatic heterocycles. The molecule has 3 rings (SSSR count). The predicted molar refractivity (Wildman–Crippen MR) is 98.9 cm³/mol. The molecular formula is C19H26N4O2. The van der Waals surface area contributed by atoms with Gasteiger partial charge in [0.2, 0.25) is 0 Å². The van der Waals surface area contributed by atoms with Crippen LogP contribution in [0.25, 0.3) is 0 Å². The number of fused-ring (bicyclic) bond motifs is 1. The van der Waals surface area contributed by atoms with Gasteiger partial charge in [0.05, 0.1) is 6.04 Å². The Balaban J connectivity index is 1.81. The van der Waals surface area contributed by atoms with E-state index in [9.17, 15) is 4.79 Å². The molecule has 0 bridgehead atoms. The second kappa shape index (κ2) is 7.17. The van der Waals surface area contributed by atoms with Crippen LogP contribution in [0.3, 0.4) is 0 Å². The smallest absolute Gasteiger partial charge is 0.323 e. The van der Waals surface area contributed by atoms with E-state index in [1.165, 1.54) is 5.69 Å². The zero-order valence-electron chi connectivity index (χ0n) is 15.3. The lowest BCUT2D eigenvalue weighted by Gasteiger charge is -2.30. The summed E-state index contributed by atoms with van der Waals surface area (Å²) >= 11 is 0. The maximum Gasteiger partial charge on any atom is 0.323 e. The van der Waals surface area contributed by atoms with Gasteiger partial charge in [0.25, 0.3) is 0 Å². The van der Waals surface area contributed by atoms with E-state index in [4.69, 9.17) is 4.52 Å². The van der Waals surface area contributed by atoms with E-state index in [0.717, 1.165) is 24.3 Å². The van der Waals surface area contributed by atoms with Crippen molar-refractivity contribution in [1.29, 1.82) is 0 Å². The predicted octanol–water partition coefficient (Wildman–Crippen LogP) is 4.06. The molecular weight excluding hydrogens is 316 g/mol. The first-order valence-corrected chi connectivity index (χ1v) is 8.82. The Morgan fingerprint density at radius 3 is 2.84 bits per heavy atom. The van der Waals surface area contributed by atoms with Gasteiger partial charge in [0.1, 0.15) is 5.76 Å². The van der Waals surface area contributed by atoms with Crippen molar-refractivity contribution >= 4 is 17.5 Å². The molecule has 1 N–H and O–H groups in total. The maximum absolute atomic E-state index is 12.9. The standard InChI is InChI=1S/C19H26N4O2/c1-5-15-12-22(4)16-9-7-6-8-14(16)11-23(15)19(24)20-18-10-17(13(2)3)25-21-18/h6-10,13,15H,5,11-12H2,1-4H3,(H,20,21,24). The average Bonchev–Trinajstić information content (AvgIpc) is 3.01. The number of carbonyl (C=O) groups excluding carboxylic acids is 1. The minimum absolute atomic E-state index is 0.133. The lowest BCUT2D eigenvalue weighted by molar-refractivity contribution is 0.185. The molecule has 0 spiro atoms. The Labute approximate surface area is 148 Å². The summed E-state index contributed by atoms with van der Waals surface area (Å²) in [4.78, 5) is 17.0. The molecule has 6 heteroatoms. The van der Waals surface area contributed by atoms with Crippen molar-refractivity contribution in [3.63, 3.8) is 0 Å². The molecule has 2 heterocycles. The van der Waals surface area contributed by atoms with Gasteiger partial charge in [-0.2, -0.15) is 0 Å². The van der Waals surface area contributed by atoms with Crippen molar-refractivity contribution < 1.29 is 9.32 Å². The number of anilines is 2. The first-order valence-electron chi connectivity index (χ1n) is 8.82. The number of aromatic nitrogens is 1. The number of rotatable bonds is 3. The lowest BCUT2D eigenvalue weighted by Crippen LogP contribution is -2.45. The van der Waals surface area contributed by atoms with Gasteiger partial charge in [-0.1, -0.05) is 44.1 Å². The number of carbonyl (C=O) groups is 1. The Kier molecular flexibility index (Phi) is 4.97. The first-order chi connectivity index (χ1) is 12.0. The van der Waals surface area contributed by atoms with Crippen LogP contribution in [0.1, 0.15) is 44.4 Å². The summed E-state index contributed by atoms with van der Waals surface area (Å²) in [6.07, 6.45) is 0.891. The number of para-hydroxylation sites is 1. The highest BCUT2D eigenvalue weighted by Crippen LogP contribution is 2.27. The first kappa shape index (κ1) is 17.3. The van der Waals surface area contributed by atoms with Gasteiger partial charge in [-0.05, 0) is 18.1 Å². The minimum atomic E-state index is -0.138. The van der Waals surface area contributed by atoms with Crippen LogP contribution < -0.4 is 10.2 Å². The second-order valence-corrected chi connectivity index (χ2v) is 6.90. The summed E-state index contributed by atoms with van der Waals surface area (Å²) < 4.78 is 5.27. The third-order valence-electron chi connectivity index (χ3n) is 4.73. The molecule has 0 saturated carbocycles. The number of amides is 2. The van der Waals surface area contributed by atoms with E-state index in [1.54, 1.807) is 6.07 Å². The van der Waals surface area contributed by atoms with Crippen molar-refractivity contribution in [2.75, 3.05) is 23.8 Å².